The summed E-state index contributed by atoms with van der Waals surface area (Å²) in [5.74, 6) is -0.849. The SMILES string of the molecule is CN(CCOC(=O)NCc1ccc2c(c1)n(C)c(=O)n2C1CCC(=O)NC1=O)C(=O)OC(C)(C)C. The van der Waals surface area contributed by atoms with Crippen LogP contribution in [-0.2, 0) is 32.7 Å². The quantitative estimate of drug-likeness (QED) is 0.585. The van der Waals surface area contributed by atoms with Crippen LogP contribution < -0.4 is 16.3 Å². The topological polar surface area (TPSA) is 141 Å². The van der Waals surface area contributed by atoms with Crippen LogP contribution in [0.25, 0.3) is 11.0 Å². The van der Waals surface area contributed by atoms with Gasteiger partial charge in [-0.2, -0.15) is 0 Å². The summed E-state index contributed by atoms with van der Waals surface area (Å²) < 4.78 is 13.2. The Morgan fingerprint density at radius 1 is 1.20 bits per heavy atom. The third-order valence-corrected chi connectivity index (χ3v) is 5.48. The molecule has 1 aromatic carbocycles. The number of imidazole rings is 1. The highest BCUT2D eigenvalue weighted by Crippen LogP contribution is 2.23. The van der Waals surface area contributed by atoms with Crippen molar-refractivity contribution in [2.24, 2.45) is 7.05 Å². The van der Waals surface area contributed by atoms with Crippen LogP contribution in [0.2, 0.25) is 0 Å². The molecule has 1 aliphatic rings. The fraction of sp³-hybridized carbons (Fsp3) is 0.522. The van der Waals surface area contributed by atoms with Gasteiger partial charge in [0.2, 0.25) is 11.8 Å². The van der Waals surface area contributed by atoms with E-state index in [1.807, 2.05) is 0 Å². The second kappa shape index (κ2) is 10.2. The first-order valence-corrected chi connectivity index (χ1v) is 11.3. The zero-order valence-electron chi connectivity index (χ0n) is 20.5. The van der Waals surface area contributed by atoms with Crippen LogP contribution in [0.3, 0.4) is 0 Å². The molecule has 0 bridgehead atoms. The summed E-state index contributed by atoms with van der Waals surface area (Å²) in [6.07, 6.45) is -0.749. The first kappa shape index (κ1) is 25.8. The van der Waals surface area contributed by atoms with E-state index >= 15 is 0 Å². The van der Waals surface area contributed by atoms with Gasteiger partial charge in [-0.1, -0.05) is 6.07 Å². The molecule has 12 heteroatoms. The standard InChI is InChI=1S/C23H31N5O7/c1-23(2,3)35-22(33)26(4)10-11-34-20(31)24-13-14-6-7-15-17(12-14)27(5)21(32)28(15)16-8-9-18(29)25-19(16)30/h6-7,12,16H,8-11,13H2,1-5H3,(H,24,31)(H,25,29,30). The first-order valence-electron chi connectivity index (χ1n) is 11.3. The van der Waals surface area contributed by atoms with Gasteiger partial charge < -0.3 is 19.7 Å². The van der Waals surface area contributed by atoms with E-state index in [4.69, 9.17) is 9.47 Å². The van der Waals surface area contributed by atoms with Crippen LogP contribution in [0.15, 0.2) is 23.0 Å². The number of imide groups is 1. The molecule has 0 saturated carbocycles. The number of hydrogen-bond acceptors (Lipinski definition) is 7. The van der Waals surface area contributed by atoms with Crippen molar-refractivity contribution in [1.82, 2.24) is 24.7 Å². The summed E-state index contributed by atoms with van der Waals surface area (Å²) in [7, 11) is 3.15. The number of aromatic nitrogens is 2. The van der Waals surface area contributed by atoms with Crippen molar-refractivity contribution in [1.29, 1.82) is 0 Å². The maximum absolute atomic E-state index is 12.8. The maximum atomic E-state index is 12.8. The zero-order chi connectivity index (χ0) is 25.9. The van der Waals surface area contributed by atoms with Gasteiger partial charge in [0.05, 0.1) is 17.6 Å². The molecule has 4 amide bonds. The number of nitrogens with zero attached hydrogens (tertiary/aromatic N) is 3. The van der Waals surface area contributed by atoms with E-state index in [0.29, 0.717) is 11.0 Å². The van der Waals surface area contributed by atoms with Gasteiger partial charge in [0.25, 0.3) is 0 Å². The number of carbonyl (C=O) groups is 4. The highest BCUT2D eigenvalue weighted by Gasteiger charge is 2.31. The smallest absolute Gasteiger partial charge is 0.410 e. The lowest BCUT2D eigenvalue weighted by Crippen LogP contribution is -2.44. The molecule has 0 aliphatic carbocycles. The predicted molar refractivity (Wildman–Crippen MR) is 126 cm³/mol. The number of ether oxygens (including phenoxy) is 2. The summed E-state index contributed by atoms with van der Waals surface area (Å²) in [4.78, 5) is 61.9. The Labute approximate surface area is 202 Å². The molecule has 0 spiro atoms. The summed E-state index contributed by atoms with van der Waals surface area (Å²) in [6.45, 7) is 5.60. The van der Waals surface area contributed by atoms with Crippen LogP contribution in [0.1, 0.15) is 45.2 Å². The minimum absolute atomic E-state index is 0.0100. The van der Waals surface area contributed by atoms with Gasteiger partial charge in [0, 0.05) is 27.1 Å². The van der Waals surface area contributed by atoms with Gasteiger partial charge in [0.15, 0.2) is 0 Å². The Hall–Kier alpha value is -3.83. The van der Waals surface area contributed by atoms with Gasteiger partial charge in [-0.3, -0.25) is 24.0 Å². The third-order valence-electron chi connectivity index (χ3n) is 5.48. The number of amides is 4. The number of fused-ring (bicyclic) bond motifs is 1. The first-order chi connectivity index (χ1) is 16.4. The molecule has 2 heterocycles. The van der Waals surface area contributed by atoms with Crippen LogP contribution in [0, 0.1) is 0 Å². The number of rotatable bonds is 6. The van der Waals surface area contributed by atoms with E-state index in [2.05, 4.69) is 10.6 Å². The van der Waals surface area contributed by atoms with Gasteiger partial charge in [-0.05, 0) is 44.9 Å². The van der Waals surface area contributed by atoms with Gasteiger partial charge in [0.1, 0.15) is 18.2 Å². The maximum Gasteiger partial charge on any atom is 0.410 e. The average molecular weight is 490 g/mol. The molecule has 1 atom stereocenters. The summed E-state index contributed by atoms with van der Waals surface area (Å²) >= 11 is 0. The molecule has 1 fully saturated rings. The van der Waals surface area contributed by atoms with E-state index in [1.165, 1.54) is 14.0 Å². The van der Waals surface area contributed by atoms with Gasteiger partial charge in [-0.25, -0.2) is 14.4 Å². The highest BCUT2D eigenvalue weighted by molar-refractivity contribution is 6.00. The van der Waals surface area contributed by atoms with E-state index in [1.54, 1.807) is 53.1 Å². The van der Waals surface area contributed by atoms with Crippen molar-refractivity contribution in [2.45, 2.75) is 51.8 Å². The van der Waals surface area contributed by atoms with E-state index in [9.17, 15) is 24.0 Å². The molecular formula is C23H31N5O7. The second-order valence-electron chi connectivity index (χ2n) is 9.39. The number of piperidine rings is 1. The Kier molecular flexibility index (Phi) is 7.51. The number of nitrogens with one attached hydrogen (secondary N) is 2. The van der Waals surface area contributed by atoms with Crippen LogP contribution in [0.5, 0.6) is 0 Å². The monoisotopic (exact) mass is 489 g/mol. The average Bonchev–Trinajstić information content (AvgIpc) is 3.01. The number of benzene rings is 1. The fourth-order valence-corrected chi connectivity index (χ4v) is 3.68. The van der Waals surface area contributed by atoms with Crippen LogP contribution >= 0.6 is 0 Å². The molecule has 2 N–H and O–H groups in total. The molecule has 1 aliphatic heterocycles. The lowest BCUT2D eigenvalue weighted by atomic mass is 10.1. The minimum Gasteiger partial charge on any atom is -0.448 e. The summed E-state index contributed by atoms with van der Waals surface area (Å²) in [6, 6.07) is 4.43. The molecule has 12 nitrogen and oxygen atoms in total. The molecule has 190 valence electrons. The van der Waals surface area contributed by atoms with E-state index in [-0.39, 0.29) is 44.1 Å². The number of likely N-dealkylation sites (N-methyl/N-ethyl adjacent to an activating group) is 1. The lowest BCUT2D eigenvalue weighted by molar-refractivity contribution is -0.135. The Balaban J connectivity index is 1.59. The normalized spacial score (nSPS) is 16.1. The molecule has 1 unspecified atom stereocenters. The van der Waals surface area contributed by atoms with Crippen molar-refractivity contribution >= 4 is 35.0 Å². The molecular weight excluding hydrogens is 458 g/mol. The number of aryl methyl sites for hydroxylation is 1. The highest BCUT2D eigenvalue weighted by atomic mass is 16.6. The molecule has 0 radical (unpaired) electrons. The predicted octanol–water partition coefficient (Wildman–Crippen LogP) is 1.41. The second-order valence-corrected chi connectivity index (χ2v) is 9.39. The van der Waals surface area contributed by atoms with Crippen molar-refractivity contribution < 1.29 is 28.7 Å². The van der Waals surface area contributed by atoms with E-state index < -0.39 is 29.7 Å². The van der Waals surface area contributed by atoms with Crippen molar-refractivity contribution in [3.05, 3.63) is 34.2 Å². The minimum atomic E-state index is -0.762. The van der Waals surface area contributed by atoms with Crippen LogP contribution in [0.4, 0.5) is 9.59 Å². The zero-order valence-corrected chi connectivity index (χ0v) is 20.5. The van der Waals surface area contributed by atoms with Crippen LogP contribution in [-0.4, -0.2) is 63.8 Å². The van der Waals surface area contributed by atoms with E-state index in [0.717, 1.165) is 5.56 Å². The van der Waals surface area contributed by atoms with Crippen molar-refractivity contribution in [3.63, 3.8) is 0 Å². The molecule has 2 aromatic rings. The Bertz CT molecular complexity index is 1210. The van der Waals surface area contributed by atoms with Gasteiger partial charge in [-0.15, -0.1) is 0 Å². The van der Waals surface area contributed by atoms with Crippen molar-refractivity contribution in [2.75, 3.05) is 20.2 Å². The third kappa shape index (κ3) is 6.19. The van der Waals surface area contributed by atoms with Crippen molar-refractivity contribution in [3.8, 4) is 0 Å². The largest absolute Gasteiger partial charge is 0.448 e. The molecule has 1 saturated heterocycles. The van der Waals surface area contributed by atoms with Gasteiger partial charge >= 0.3 is 17.9 Å². The number of alkyl carbamates (subject to hydrolysis) is 1. The Morgan fingerprint density at radius 2 is 1.91 bits per heavy atom. The molecule has 1 aromatic heterocycles. The number of hydrogen-bond donors (Lipinski definition) is 2. The molecule has 3 rings (SSSR count). The lowest BCUT2D eigenvalue weighted by Gasteiger charge is -2.24. The Morgan fingerprint density at radius 3 is 2.57 bits per heavy atom. The fourth-order valence-electron chi connectivity index (χ4n) is 3.68. The summed E-state index contributed by atoms with van der Waals surface area (Å²) in [5.41, 5.74) is 0.885. The molecule has 35 heavy (non-hydrogen) atoms. The summed E-state index contributed by atoms with van der Waals surface area (Å²) in [5, 5.41) is 4.91. The number of carbonyl (C=O) groups excluding carboxylic acids is 4.